The van der Waals surface area contributed by atoms with Gasteiger partial charge in [0.25, 0.3) is 0 Å². The number of benzene rings is 1. The molecular weight excluding hydrogens is 311 g/mol. The maximum Gasteiger partial charge on any atom is 0.416 e. The molecule has 0 fully saturated rings. The molecular formula is C15H10F3N3O2. The number of pyridine rings is 1. The van der Waals surface area contributed by atoms with Crippen LogP contribution in [-0.2, 0) is 12.7 Å². The van der Waals surface area contributed by atoms with Crippen LogP contribution in [-0.4, -0.2) is 14.5 Å². The van der Waals surface area contributed by atoms with Crippen molar-refractivity contribution in [1.29, 1.82) is 0 Å². The summed E-state index contributed by atoms with van der Waals surface area (Å²) in [6, 6.07) is 7.92. The third-order valence-corrected chi connectivity index (χ3v) is 3.42. The van der Waals surface area contributed by atoms with Gasteiger partial charge in [0.2, 0.25) is 6.54 Å². The Bertz CT molecular complexity index is 870. The highest BCUT2D eigenvalue weighted by atomic mass is 19.4. The van der Waals surface area contributed by atoms with Gasteiger partial charge < -0.3 is 0 Å². The average Bonchev–Trinajstić information content (AvgIpc) is 2.89. The molecule has 8 heteroatoms. The van der Waals surface area contributed by atoms with Crippen molar-refractivity contribution in [3.05, 3.63) is 70.0 Å². The number of rotatable bonds is 3. The van der Waals surface area contributed by atoms with Crippen LogP contribution in [0.25, 0.3) is 16.6 Å². The van der Waals surface area contributed by atoms with E-state index in [1.807, 2.05) is 0 Å². The monoisotopic (exact) mass is 321 g/mol. The molecule has 0 saturated heterocycles. The molecule has 0 aliphatic heterocycles. The van der Waals surface area contributed by atoms with Crippen molar-refractivity contribution in [2.24, 2.45) is 0 Å². The van der Waals surface area contributed by atoms with Gasteiger partial charge in [-0.3, -0.25) is 10.1 Å². The minimum Gasteiger partial charge on any atom is -0.264 e. The van der Waals surface area contributed by atoms with Crippen LogP contribution in [0.1, 0.15) is 11.1 Å². The first-order chi connectivity index (χ1) is 10.8. The zero-order chi connectivity index (χ0) is 16.6. The molecule has 0 amide bonds. The van der Waals surface area contributed by atoms with Gasteiger partial charge in [-0.15, -0.1) is 0 Å². The van der Waals surface area contributed by atoms with Gasteiger partial charge >= 0.3 is 6.18 Å². The highest BCUT2D eigenvalue weighted by Crippen LogP contribution is 2.32. The molecule has 0 atom stereocenters. The summed E-state index contributed by atoms with van der Waals surface area (Å²) in [6.45, 7) is -0.325. The lowest BCUT2D eigenvalue weighted by molar-refractivity contribution is -0.496. The second-order valence-electron chi connectivity index (χ2n) is 4.99. The smallest absolute Gasteiger partial charge is 0.264 e. The van der Waals surface area contributed by atoms with Crippen LogP contribution < -0.4 is 0 Å². The lowest BCUT2D eigenvalue weighted by Crippen LogP contribution is -2.04. The summed E-state index contributed by atoms with van der Waals surface area (Å²) >= 11 is 0. The Morgan fingerprint density at radius 2 is 1.87 bits per heavy atom. The first-order valence-electron chi connectivity index (χ1n) is 6.60. The molecule has 0 saturated carbocycles. The summed E-state index contributed by atoms with van der Waals surface area (Å²) in [4.78, 5) is 10.2. The third-order valence-electron chi connectivity index (χ3n) is 3.42. The fraction of sp³-hybridized carbons (Fsp3) is 0.133. The van der Waals surface area contributed by atoms with E-state index in [0.29, 0.717) is 22.2 Å². The van der Waals surface area contributed by atoms with Crippen LogP contribution >= 0.6 is 0 Å². The quantitative estimate of drug-likeness (QED) is 0.544. The molecule has 3 rings (SSSR count). The van der Waals surface area contributed by atoms with E-state index in [1.54, 1.807) is 18.3 Å². The minimum absolute atomic E-state index is 0.325. The van der Waals surface area contributed by atoms with E-state index in [9.17, 15) is 23.3 Å². The van der Waals surface area contributed by atoms with Gasteiger partial charge in [0.15, 0.2) is 0 Å². The van der Waals surface area contributed by atoms with Gasteiger partial charge in [-0.1, -0.05) is 12.1 Å². The summed E-state index contributed by atoms with van der Waals surface area (Å²) in [6.07, 6.45) is -1.28. The molecule has 0 aliphatic rings. The molecule has 2 heterocycles. The molecule has 0 N–H and O–H groups in total. The summed E-state index contributed by atoms with van der Waals surface area (Å²) in [7, 11) is 0. The van der Waals surface area contributed by atoms with Gasteiger partial charge in [0.1, 0.15) is 0 Å². The standard InChI is InChI=1S/C15H10F3N3O2/c16-15(17,18)12-3-1-11(2-4-12)13-8-19-20-6-5-10(7-14(13)20)9-21(22)23/h1-8H,9H2. The van der Waals surface area contributed by atoms with E-state index in [0.717, 1.165) is 12.1 Å². The topological polar surface area (TPSA) is 60.4 Å². The second kappa shape index (κ2) is 5.38. The van der Waals surface area contributed by atoms with Gasteiger partial charge in [-0.2, -0.15) is 18.3 Å². The summed E-state index contributed by atoms with van der Waals surface area (Å²) in [5.74, 6) is 0. The van der Waals surface area contributed by atoms with Crippen LogP contribution in [0.15, 0.2) is 48.8 Å². The zero-order valence-corrected chi connectivity index (χ0v) is 11.6. The van der Waals surface area contributed by atoms with Crippen LogP contribution in [0, 0.1) is 10.1 Å². The maximum absolute atomic E-state index is 12.6. The van der Waals surface area contributed by atoms with Crippen molar-refractivity contribution in [2.45, 2.75) is 12.7 Å². The first kappa shape index (κ1) is 15.0. The molecule has 0 bridgehead atoms. The van der Waals surface area contributed by atoms with Crippen molar-refractivity contribution in [2.75, 3.05) is 0 Å². The van der Waals surface area contributed by atoms with Gasteiger partial charge in [-0.25, -0.2) is 4.52 Å². The van der Waals surface area contributed by atoms with Gasteiger partial charge in [0, 0.05) is 22.2 Å². The number of halogens is 3. The fourth-order valence-corrected chi connectivity index (χ4v) is 2.33. The second-order valence-corrected chi connectivity index (χ2v) is 4.99. The normalized spacial score (nSPS) is 11.8. The fourth-order valence-electron chi connectivity index (χ4n) is 2.33. The molecule has 3 aromatic rings. The van der Waals surface area contributed by atoms with E-state index in [4.69, 9.17) is 0 Å². The Kier molecular flexibility index (Phi) is 3.51. The zero-order valence-electron chi connectivity index (χ0n) is 11.6. The Balaban J connectivity index is 2.03. The largest absolute Gasteiger partial charge is 0.416 e. The molecule has 0 aliphatic carbocycles. The van der Waals surface area contributed by atoms with Crippen LogP contribution in [0.2, 0.25) is 0 Å². The van der Waals surface area contributed by atoms with Gasteiger partial charge in [0.05, 0.1) is 17.3 Å². The summed E-state index contributed by atoms with van der Waals surface area (Å²) < 4.78 is 39.4. The molecule has 1 aromatic carbocycles. The summed E-state index contributed by atoms with van der Waals surface area (Å²) in [5, 5.41) is 14.7. The lowest BCUT2D eigenvalue weighted by Gasteiger charge is -2.07. The van der Waals surface area contributed by atoms with Crippen molar-refractivity contribution in [3.63, 3.8) is 0 Å². The van der Waals surface area contributed by atoms with E-state index < -0.39 is 16.7 Å². The highest BCUT2D eigenvalue weighted by Gasteiger charge is 2.30. The van der Waals surface area contributed by atoms with Crippen LogP contribution in [0.3, 0.4) is 0 Å². The van der Waals surface area contributed by atoms with Gasteiger partial charge in [-0.05, 0) is 29.8 Å². The number of fused-ring (bicyclic) bond motifs is 1. The Morgan fingerprint density at radius 1 is 1.17 bits per heavy atom. The van der Waals surface area contributed by atoms with E-state index in [1.165, 1.54) is 22.8 Å². The molecule has 2 aromatic heterocycles. The number of aromatic nitrogens is 2. The molecule has 23 heavy (non-hydrogen) atoms. The molecule has 0 radical (unpaired) electrons. The number of alkyl halides is 3. The number of hydrogen-bond acceptors (Lipinski definition) is 3. The van der Waals surface area contributed by atoms with Crippen molar-refractivity contribution >= 4 is 5.52 Å². The summed E-state index contributed by atoms with van der Waals surface area (Å²) in [5.41, 5.74) is 1.54. The molecule has 0 spiro atoms. The van der Waals surface area contributed by atoms with Crippen molar-refractivity contribution in [3.8, 4) is 11.1 Å². The number of hydrogen-bond donors (Lipinski definition) is 0. The Morgan fingerprint density at radius 3 is 2.48 bits per heavy atom. The van der Waals surface area contributed by atoms with E-state index in [-0.39, 0.29) is 6.54 Å². The van der Waals surface area contributed by atoms with Crippen molar-refractivity contribution < 1.29 is 18.1 Å². The van der Waals surface area contributed by atoms with Crippen LogP contribution in [0.5, 0.6) is 0 Å². The molecule has 5 nitrogen and oxygen atoms in total. The highest BCUT2D eigenvalue weighted by molar-refractivity contribution is 5.80. The maximum atomic E-state index is 12.6. The third kappa shape index (κ3) is 3.01. The minimum atomic E-state index is -4.39. The van der Waals surface area contributed by atoms with E-state index in [2.05, 4.69) is 5.10 Å². The predicted molar refractivity (Wildman–Crippen MR) is 76.3 cm³/mol. The number of nitro groups is 1. The first-order valence-corrected chi connectivity index (χ1v) is 6.60. The Hall–Kier alpha value is -2.90. The number of nitrogens with zero attached hydrogens (tertiary/aromatic N) is 3. The molecule has 118 valence electrons. The van der Waals surface area contributed by atoms with Crippen molar-refractivity contribution in [1.82, 2.24) is 9.61 Å². The Labute approximate surface area is 128 Å². The van der Waals surface area contributed by atoms with Crippen LogP contribution in [0.4, 0.5) is 13.2 Å². The average molecular weight is 321 g/mol. The lowest BCUT2D eigenvalue weighted by atomic mass is 10.0. The molecule has 0 unspecified atom stereocenters. The predicted octanol–water partition coefficient (Wildman–Crippen LogP) is 3.80. The van der Waals surface area contributed by atoms with E-state index >= 15 is 0 Å². The SMILES string of the molecule is O=[N+]([O-])Cc1ccn2ncc(-c3ccc(C(F)(F)F)cc3)c2c1.